The average molecular weight is 465 g/mol. The van der Waals surface area contributed by atoms with Gasteiger partial charge in [-0.1, -0.05) is 0 Å². The van der Waals surface area contributed by atoms with Crippen molar-refractivity contribution in [2.45, 2.75) is 25.9 Å². The normalized spacial score (nSPS) is 16.9. The van der Waals surface area contributed by atoms with Crippen molar-refractivity contribution in [3.05, 3.63) is 54.0 Å². The Morgan fingerprint density at radius 2 is 2.00 bits per heavy atom. The van der Waals surface area contributed by atoms with Gasteiger partial charge in [-0.25, -0.2) is 18.7 Å². The topological polar surface area (TPSA) is 86.7 Å². The third-order valence-corrected chi connectivity index (χ3v) is 6.42. The van der Waals surface area contributed by atoms with Gasteiger partial charge in [0.05, 0.1) is 17.3 Å². The number of aromatic amines is 1. The van der Waals surface area contributed by atoms with Gasteiger partial charge in [0, 0.05) is 63.3 Å². The van der Waals surface area contributed by atoms with Gasteiger partial charge in [-0.05, 0) is 36.5 Å². The zero-order valence-electron chi connectivity index (χ0n) is 18.7. The van der Waals surface area contributed by atoms with Crippen LogP contribution in [0.4, 0.5) is 20.5 Å². The van der Waals surface area contributed by atoms with Crippen LogP contribution in [0.25, 0.3) is 22.2 Å². The van der Waals surface area contributed by atoms with E-state index in [9.17, 15) is 4.39 Å². The molecule has 4 aromatic rings. The molecule has 1 saturated carbocycles. The van der Waals surface area contributed by atoms with Gasteiger partial charge in [0.2, 0.25) is 5.95 Å². The second-order valence-corrected chi connectivity index (χ2v) is 9.12. The van der Waals surface area contributed by atoms with Crippen LogP contribution in [0.2, 0.25) is 0 Å². The number of piperazine rings is 1. The highest BCUT2D eigenvalue weighted by molar-refractivity contribution is 5.85. The standard InChI is InChI=1S/C24H26F2N8/c25-18-10-19-23(22(26)21(18)17-11-29-34(14-17)13-15-1-2-15)32-24(30-19)31-20-9-16(3-4-28-20)12-33-7-5-27-6-8-33/h3-4,9-11,14-15,27H,1-2,5-8,12-13H2,(H2,28,30,31,32). The SMILES string of the molecule is Fc1cc2[nH]c(Nc3cc(CN4CCNCC4)ccn3)nc2c(F)c1-c1cnn(CC2CC2)c1. The first kappa shape index (κ1) is 21.2. The van der Waals surface area contributed by atoms with Crippen LogP contribution in [0.3, 0.4) is 0 Å². The molecule has 0 unspecified atom stereocenters. The first-order valence-corrected chi connectivity index (χ1v) is 11.7. The maximum absolute atomic E-state index is 15.4. The highest BCUT2D eigenvalue weighted by atomic mass is 19.1. The Hall–Kier alpha value is -3.37. The minimum absolute atomic E-state index is 0.0748. The molecule has 6 rings (SSSR count). The lowest BCUT2D eigenvalue weighted by molar-refractivity contribution is 0.233. The number of imidazole rings is 1. The number of hydrogen-bond donors (Lipinski definition) is 3. The number of hydrogen-bond acceptors (Lipinski definition) is 6. The Kier molecular flexibility index (Phi) is 5.46. The highest BCUT2D eigenvalue weighted by Gasteiger charge is 2.24. The Labute approximate surface area is 195 Å². The Morgan fingerprint density at radius 3 is 2.82 bits per heavy atom. The van der Waals surface area contributed by atoms with Crippen molar-refractivity contribution in [1.82, 2.24) is 34.9 Å². The fourth-order valence-electron chi connectivity index (χ4n) is 4.45. The van der Waals surface area contributed by atoms with Crippen molar-refractivity contribution >= 4 is 22.8 Å². The number of anilines is 2. The van der Waals surface area contributed by atoms with Crippen LogP contribution in [0.5, 0.6) is 0 Å². The average Bonchev–Trinajstić information content (AvgIpc) is 3.37. The van der Waals surface area contributed by atoms with E-state index in [0.717, 1.165) is 44.8 Å². The lowest BCUT2D eigenvalue weighted by Gasteiger charge is -2.27. The summed E-state index contributed by atoms with van der Waals surface area (Å²) < 4.78 is 32.0. The van der Waals surface area contributed by atoms with E-state index >= 15 is 4.39 Å². The van der Waals surface area contributed by atoms with Crippen LogP contribution in [0.1, 0.15) is 18.4 Å². The first-order chi connectivity index (χ1) is 16.6. The number of aromatic nitrogens is 5. The quantitative estimate of drug-likeness (QED) is 0.387. The zero-order valence-corrected chi connectivity index (χ0v) is 18.7. The Morgan fingerprint density at radius 1 is 1.15 bits per heavy atom. The van der Waals surface area contributed by atoms with E-state index in [0.29, 0.717) is 23.2 Å². The molecule has 0 radical (unpaired) electrons. The molecule has 0 amide bonds. The molecule has 1 aliphatic carbocycles. The minimum Gasteiger partial charge on any atom is -0.324 e. The molecule has 0 atom stereocenters. The largest absolute Gasteiger partial charge is 0.324 e. The molecule has 1 saturated heterocycles. The van der Waals surface area contributed by atoms with Gasteiger partial charge in [0.25, 0.3) is 0 Å². The predicted molar refractivity (Wildman–Crippen MR) is 126 cm³/mol. The molecule has 2 aliphatic rings. The summed E-state index contributed by atoms with van der Waals surface area (Å²) in [5, 5.41) is 10.7. The van der Waals surface area contributed by atoms with Crippen LogP contribution in [0, 0.1) is 17.6 Å². The minimum atomic E-state index is -0.703. The van der Waals surface area contributed by atoms with Crippen molar-refractivity contribution in [2.75, 3.05) is 31.5 Å². The maximum atomic E-state index is 15.4. The summed E-state index contributed by atoms with van der Waals surface area (Å²) in [6.45, 7) is 5.59. The van der Waals surface area contributed by atoms with Gasteiger partial charge in [-0.2, -0.15) is 5.10 Å². The zero-order chi connectivity index (χ0) is 23.1. The molecule has 34 heavy (non-hydrogen) atoms. The van der Waals surface area contributed by atoms with Crippen molar-refractivity contribution in [1.29, 1.82) is 0 Å². The number of rotatable bonds is 7. The summed E-state index contributed by atoms with van der Waals surface area (Å²) in [7, 11) is 0. The monoisotopic (exact) mass is 464 g/mol. The highest BCUT2D eigenvalue weighted by Crippen LogP contribution is 2.34. The van der Waals surface area contributed by atoms with Gasteiger partial charge in [0.1, 0.15) is 17.2 Å². The van der Waals surface area contributed by atoms with E-state index in [2.05, 4.69) is 35.6 Å². The van der Waals surface area contributed by atoms with Gasteiger partial charge < -0.3 is 15.6 Å². The van der Waals surface area contributed by atoms with Gasteiger partial charge in [-0.15, -0.1) is 0 Å². The summed E-state index contributed by atoms with van der Waals surface area (Å²) in [5.74, 6) is 0.165. The van der Waals surface area contributed by atoms with Gasteiger partial charge >= 0.3 is 0 Å². The first-order valence-electron chi connectivity index (χ1n) is 11.7. The summed E-state index contributed by atoms with van der Waals surface area (Å²) in [6, 6.07) is 5.21. The fourth-order valence-corrected chi connectivity index (χ4v) is 4.45. The molecular weight excluding hydrogens is 438 g/mol. The van der Waals surface area contributed by atoms with Gasteiger partial charge in [0.15, 0.2) is 5.82 Å². The van der Waals surface area contributed by atoms with Gasteiger partial charge in [-0.3, -0.25) is 9.58 Å². The number of pyridine rings is 1. The van der Waals surface area contributed by atoms with Crippen LogP contribution < -0.4 is 10.6 Å². The molecule has 0 bridgehead atoms. The van der Waals surface area contributed by atoms with E-state index < -0.39 is 11.6 Å². The van der Waals surface area contributed by atoms with E-state index in [1.54, 1.807) is 17.1 Å². The maximum Gasteiger partial charge on any atom is 0.206 e. The fraction of sp³-hybridized carbons (Fsp3) is 0.375. The Bertz CT molecular complexity index is 1320. The van der Waals surface area contributed by atoms with Crippen LogP contribution in [-0.2, 0) is 13.1 Å². The number of nitrogens with one attached hydrogen (secondary N) is 3. The van der Waals surface area contributed by atoms with Crippen molar-refractivity contribution in [2.24, 2.45) is 5.92 Å². The van der Waals surface area contributed by atoms with E-state index in [1.807, 2.05) is 12.1 Å². The molecule has 10 heteroatoms. The third-order valence-electron chi connectivity index (χ3n) is 6.42. The van der Waals surface area contributed by atoms with Crippen LogP contribution in [0.15, 0.2) is 36.8 Å². The molecule has 3 N–H and O–H groups in total. The lowest BCUT2D eigenvalue weighted by atomic mass is 10.1. The second-order valence-electron chi connectivity index (χ2n) is 9.12. The molecule has 3 aromatic heterocycles. The van der Waals surface area contributed by atoms with Crippen LogP contribution >= 0.6 is 0 Å². The number of benzene rings is 1. The number of fused-ring (bicyclic) bond motifs is 1. The van der Waals surface area contributed by atoms with E-state index in [-0.39, 0.29) is 16.6 Å². The van der Waals surface area contributed by atoms with Crippen molar-refractivity contribution < 1.29 is 8.78 Å². The predicted octanol–water partition coefficient (Wildman–Crippen LogP) is 3.66. The summed E-state index contributed by atoms with van der Waals surface area (Å²) in [4.78, 5) is 14.0. The molecule has 176 valence electrons. The van der Waals surface area contributed by atoms with Crippen LogP contribution in [-0.4, -0.2) is 55.8 Å². The lowest BCUT2D eigenvalue weighted by Crippen LogP contribution is -2.42. The van der Waals surface area contributed by atoms with E-state index in [4.69, 9.17) is 0 Å². The number of H-pyrrole nitrogens is 1. The van der Waals surface area contributed by atoms with E-state index in [1.165, 1.54) is 25.1 Å². The summed E-state index contributed by atoms with van der Waals surface area (Å²) in [6.07, 6.45) is 7.31. The molecule has 2 fully saturated rings. The van der Waals surface area contributed by atoms with Crippen molar-refractivity contribution in [3.63, 3.8) is 0 Å². The summed E-state index contributed by atoms with van der Waals surface area (Å²) in [5.41, 5.74) is 1.79. The summed E-state index contributed by atoms with van der Waals surface area (Å²) >= 11 is 0. The Balaban J connectivity index is 1.24. The number of nitrogens with zero attached hydrogens (tertiary/aromatic N) is 5. The third kappa shape index (κ3) is 4.38. The van der Waals surface area contributed by atoms with Crippen molar-refractivity contribution in [3.8, 4) is 11.1 Å². The molecule has 8 nitrogen and oxygen atoms in total. The molecular formula is C24H26F2N8. The molecule has 4 heterocycles. The molecule has 0 spiro atoms. The number of halogens is 2. The second kappa shape index (κ2) is 8.77. The smallest absolute Gasteiger partial charge is 0.206 e. The molecule has 1 aliphatic heterocycles. The molecule has 1 aromatic carbocycles.